The van der Waals surface area contributed by atoms with Gasteiger partial charge in [-0.1, -0.05) is 17.7 Å². The average Bonchev–Trinajstić information content (AvgIpc) is 2.99. The predicted octanol–water partition coefficient (Wildman–Crippen LogP) is 2.84. The van der Waals surface area contributed by atoms with Gasteiger partial charge in [-0.25, -0.2) is 14.2 Å². The molecule has 10 heteroatoms. The number of nitrogens with one attached hydrogen (secondary N) is 1. The van der Waals surface area contributed by atoms with Crippen molar-refractivity contribution < 1.29 is 18.8 Å². The molecule has 152 valence electrons. The zero-order chi connectivity index (χ0) is 20.5. The number of hydrogen-bond acceptors (Lipinski definition) is 4. The Morgan fingerprint density at radius 1 is 1.41 bits per heavy atom. The van der Waals surface area contributed by atoms with Crippen LogP contribution in [0.1, 0.15) is 21.7 Å². The highest BCUT2D eigenvalue weighted by molar-refractivity contribution is 6.31. The first-order valence-corrected chi connectivity index (χ1v) is 9.51. The van der Waals surface area contributed by atoms with E-state index in [0.717, 1.165) is 5.69 Å². The Balaban J connectivity index is 1.56. The number of benzene rings is 1. The number of anilines is 1. The maximum atomic E-state index is 13.3. The normalized spacial score (nSPS) is 16.1. The molecule has 3 heterocycles. The summed E-state index contributed by atoms with van der Waals surface area (Å²) in [6, 6.07) is 3.62. The van der Waals surface area contributed by atoms with Gasteiger partial charge in [0.25, 0.3) is 5.91 Å². The Morgan fingerprint density at radius 3 is 3.00 bits per heavy atom. The van der Waals surface area contributed by atoms with Gasteiger partial charge in [0.05, 0.1) is 37.0 Å². The van der Waals surface area contributed by atoms with E-state index < -0.39 is 5.82 Å². The minimum absolute atomic E-state index is 0.0707. The van der Waals surface area contributed by atoms with Crippen molar-refractivity contribution in [1.29, 1.82) is 0 Å². The van der Waals surface area contributed by atoms with Gasteiger partial charge in [-0.2, -0.15) is 5.10 Å². The number of amides is 3. The second-order valence-electron chi connectivity index (χ2n) is 6.72. The molecule has 2 aliphatic heterocycles. The Bertz CT molecular complexity index is 992. The van der Waals surface area contributed by atoms with Crippen molar-refractivity contribution in [3.63, 3.8) is 0 Å². The third kappa shape index (κ3) is 3.70. The van der Waals surface area contributed by atoms with Crippen molar-refractivity contribution >= 4 is 29.2 Å². The molecule has 0 spiro atoms. The molecule has 1 aromatic carbocycles. The maximum absolute atomic E-state index is 13.3. The van der Waals surface area contributed by atoms with Crippen LogP contribution < -0.4 is 5.32 Å². The first kappa shape index (κ1) is 19.4. The number of nitrogens with zero attached hydrogens (tertiary/aromatic N) is 4. The number of halogens is 2. The van der Waals surface area contributed by atoms with Crippen molar-refractivity contribution in [1.82, 2.24) is 19.7 Å². The second kappa shape index (κ2) is 7.84. The van der Waals surface area contributed by atoms with E-state index in [9.17, 15) is 14.0 Å². The molecular weight excluding hydrogens is 401 g/mol. The van der Waals surface area contributed by atoms with Crippen molar-refractivity contribution in [3.05, 3.63) is 58.6 Å². The molecule has 0 radical (unpaired) electrons. The van der Waals surface area contributed by atoms with Crippen LogP contribution in [0.3, 0.4) is 0 Å². The van der Waals surface area contributed by atoms with Crippen molar-refractivity contribution in [2.75, 3.05) is 25.0 Å². The van der Waals surface area contributed by atoms with Gasteiger partial charge in [-0.15, -0.1) is 6.58 Å². The highest BCUT2D eigenvalue weighted by Crippen LogP contribution is 2.26. The molecule has 0 aliphatic carbocycles. The fraction of sp³-hybridized carbons (Fsp3) is 0.316. The molecule has 2 aromatic rings. The summed E-state index contributed by atoms with van der Waals surface area (Å²) in [6.45, 7) is 5.36. The van der Waals surface area contributed by atoms with E-state index in [4.69, 9.17) is 16.4 Å². The fourth-order valence-corrected chi connectivity index (χ4v) is 3.63. The Morgan fingerprint density at radius 2 is 2.24 bits per heavy atom. The third-order valence-electron chi connectivity index (χ3n) is 4.83. The summed E-state index contributed by atoms with van der Waals surface area (Å²) in [4.78, 5) is 32.7. The number of aromatic nitrogens is 2. The largest absolute Gasteiger partial charge is 0.322 e. The molecule has 0 fully saturated rings. The lowest BCUT2D eigenvalue weighted by Crippen LogP contribution is -2.39. The highest BCUT2D eigenvalue weighted by Gasteiger charge is 2.33. The van der Waals surface area contributed by atoms with Crippen LogP contribution in [0.25, 0.3) is 0 Å². The van der Waals surface area contributed by atoms with Gasteiger partial charge in [0.15, 0.2) is 0 Å². The van der Waals surface area contributed by atoms with Gasteiger partial charge in [0.2, 0.25) is 0 Å². The van der Waals surface area contributed by atoms with Gasteiger partial charge < -0.3 is 10.2 Å². The number of carbonyl (C=O) groups is 2. The van der Waals surface area contributed by atoms with E-state index in [1.165, 1.54) is 23.3 Å². The van der Waals surface area contributed by atoms with Crippen LogP contribution in [0.2, 0.25) is 5.02 Å². The lowest BCUT2D eigenvalue weighted by molar-refractivity contribution is -0.114. The summed E-state index contributed by atoms with van der Waals surface area (Å²) in [7, 11) is 0. The van der Waals surface area contributed by atoms with Gasteiger partial charge in [0.1, 0.15) is 11.5 Å². The van der Waals surface area contributed by atoms with E-state index in [1.54, 1.807) is 15.7 Å². The summed E-state index contributed by atoms with van der Waals surface area (Å²) < 4.78 is 15.0. The SMILES string of the molecule is C=CCN1OCCn2nc3c(c2C1=O)CN(C(=O)Nc1ccc(F)c(Cl)c1)CC3. The van der Waals surface area contributed by atoms with Gasteiger partial charge >= 0.3 is 6.03 Å². The first-order chi connectivity index (χ1) is 14.0. The minimum atomic E-state index is -0.556. The number of hydrogen-bond donors (Lipinski definition) is 1. The molecule has 29 heavy (non-hydrogen) atoms. The van der Waals surface area contributed by atoms with Gasteiger partial charge in [-0.3, -0.25) is 14.3 Å². The van der Waals surface area contributed by atoms with Crippen LogP contribution in [0, 0.1) is 5.82 Å². The number of carbonyl (C=O) groups excluding carboxylic acids is 2. The minimum Gasteiger partial charge on any atom is -0.320 e. The quantitative estimate of drug-likeness (QED) is 0.776. The average molecular weight is 420 g/mol. The van der Waals surface area contributed by atoms with E-state index in [2.05, 4.69) is 17.0 Å². The Kier molecular flexibility index (Phi) is 5.25. The molecule has 4 rings (SSSR count). The van der Waals surface area contributed by atoms with Gasteiger partial charge in [0, 0.05) is 24.2 Å². The van der Waals surface area contributed by atoms with E-state index in [1.807, 2.05) is 0 Å². The molecule has 3 amide bonds. The van der Waals surface area contributed by atoms with Crippen molar-refractivity contribution in [3.8, 4) is 0 Å². The fourth-order valence-electron chi connectivity index (χ4n) is 3.44. The molecule has 0 unspecified atom stereocenters. The number of rotatable bonds is 3. The smallest absolute Gasteiger partial charge is 0.320 e. The number of urea groups is 1. The van der Waals surface area contributed by atoms with Crippen LogP contribution in [0.15, 0.2) is 30.9 Å². The molecule has 0 saturated heterocycles. The summed E-state index contributed by atoms with van der Waals surface area (Å²) in [5.41, 5.74) is 2.35. The van der Waals surface area contributed by atoms with Crippen molar-refractivity contribution in [2.24, 2.45) is 0 Å². The lowest BCUT2D eigenvalue weighted by atomic mass is 10.0. The molecule has 1 aromatic heterocycles. The summed E-state index contributed by atoms with van der Waals surface area (Å²) >= 11 is 5.77. The molecule has 0 atom stereocenters. The molecule has 0 saturated carbocycles. The maximum Gasteiger partial charge on any atom is 0.322 e. The third-order valence-corrected chi connectivity index (χ3v) is 5.12. The molecular formula is C19H19ClFN5O3. The number of hydroxylamine groups is 2. The van der Waals surface area contributed by atoms with Crippen LogP contribution in [-0.2, 0) is 24.3 Å². The summed E-state index contributed by atoms with van der Waals surface area (Å²) in [5.74, 6) is -0.858. The number of fused-ring (bicyclic) bond motifs is 3. The Hall–Kier alpha value is -2.91. The molecule has 8 nitrogen and oxygen atoms in total. The predicted molar refractivity (Wildman–Crippen MR) is 104 cm³/mol. The van der Waals surface area contributed by atoms with Crippen LogP contribution in [0.4, 0.5) is 14.9 Å². The van der Waals surface area contributed by atoms with E-state index >= 15 is 0 Å². The van der Waals surface area contributed by atoms with Crippen LogP contribution in [-0.4, -0.2) is 51.4 Å². The van der Waals surface area contributed by atoms with Gasteiger partial charge in [-0.05, 0) is 18.2 Å². The Labute approximate surface area is 171 Å². The monoisotopic (exact) mass is 419 g/mol. The summed E-state index contributed by atoms with van der Waals surface area (Å²) in [6.07, 6.45) is 2.12. The second-order valence-corrected chi connectivity index (χ2v) is 7.12. The van der Waals surface area contributed by atoms with Crippen molar-refractivity contribution in [2.45, 2.75) is 19.5 Å². The standard InChI is InChI=1S/C19H19ClFN5O3/c1-2-6-26-18(27)17-13-11-24(7-5-16(13)23-25(17)8-9-29-26)19(28)22-12-3-4-15(21)14(20)10-12/h2-4,10H,1,5-9,11H2,(H,22,28). The molecule has 2 aliphatic rings. The highest BCUT2D eigenvalue weighted by atomic mass is 35.5. The molecule has 0 bridgehead atoms. The van der Waals surface area contributed by atoms with E-state index in [-0.39, 0.29) is 30.1 Å². The topological polar surface area (TPSA) is 79.7 Å². The lowest BCUT2D eigenvalue weighted by Gasteiger charge is -2.27. The summed E-state index contributed by atoms with van der Waals surface area (Å²) in [5, 5.41) is 8.44. The first-order valence-electron chi connectivity index (χ1n) is 9.13. The zero-order valence-corrected chi connectivity index (χ0v) is 16.3. The molecule has 1 N–H and O–H groups in total. The van der Waals surface area contributed by atoms with E-state index in [0.29, 0.717) is 43.1 Å². The zero-order valence-electron chi connectivity index (χ0n) is 15.5. The van der Waals surface area contributed by atoms with Crippen LogP contribution in [0.5, 0.6) is 0 Å². The van der Waals surface area contributed by atoms with Crippen LogP contribution >= 0.6 is 11.6 Å².